The number of benzene rings is 1. The van der Waals surface area contributed by atoms with Crippen LogP contribution in [0.4, 0.5) is 4.39 Å². The fourth-order valence-electron chi connectivity index (χ4n) is 3.28. The number of aromatic nitrogens is 1. The highest BCUT2D eigenvalue weighted by Gasteiger charge is 2.26. The second kappa shape index (κ2) is 4.40. The van der Waals surface area contributed by atoms with Crippen LogP contribution < -0.4 is 5.32 Å². The molecule has 0 unspecified atom stereocenters. The summed E-state index contributed by atoms with van der Waals surface area (Å²) in [5, 5.41) is 4.42. The molecular formula is C14H14ClFN2S. The van der Waals surface area contributed by atoms with Crippen molar-refractivity contribution in [1.29, 1.82) is 0 Å². The highest BCUT2D eigenvalue weighted by Crippen LogP contribution is 2.42. The minimum atomic E-state index is -0.236. The quantitative estimate of drug-likeness (QED) is 0.804. The lowest BCUT2D eigenvalue weighted by molar-refractivity contribution is 0.636. The van der Waals surface area contributed by atoms with Gasteiger partial charge >= 0.3 is 0 Å². The number of fused-ring (bicyclic) bond motifs is 3. The predicted octanol–water partition coefficient (Wildman–Crippen LogP) is 3.23. The zero-order valence-corrected chi connectivity index (χ0v) is 12.0. The van der Waals surface area contributed by atoms with E-state index in [-0.39, 0.29) is 10.8 Å². The summed E-state index contributed by atoms with van der Waals surface area (Å²) < 4.78 is 16.8. The molecule has 19 heavy (non-hydrogen) atoms. The lowest BCUT2D eigenvalue weighted by Crippen LogP contribution is -2.18. The summed E-state index contributed by atoms with van der Waals surface area (Å²) in [6, 6.07) is 1.79. The van der Waals surface area contributed by atoms with Crippen LogP contribution in [0, 0.1) is 5.82 Å². The van der Waals surface area contributed by atoms with E-state index >= 15 is 0 Å². The molecule has 1 N–H and O–H groups in total. The molecule has 4 rings (SSSR count). The molecule has 0 aliphatic carbocycles. The van der Waals surface area contributed by atoms with Crippen molar-refractivity contribution >= 4 is 34.3 Å². The van der Waals surface area contributed by atoms with Gasteiger partial charge in [0.1, 0.15) is 0 Å². The van der Waals surface area contributed by atoms with E-state index in [0.29, 0.717) is 0 Å². The van der Waals surface area contributed by atoms with Gasteiger partial charge in [0.25, 0.3) is 0 Å². The Morgan fingerprint density at radius 1 is 1.32 bits per heavy atom. The lowest BCUT2D eigenvalue weighted by atomic mass is 10.1. The van der Waals surface area contributed by atoms with Gasteiger partial charge in [0.05, 0.1) is 10.5 Å². The topological polar surface area (TPSA) is 17.0 Å². The van der Waals surface area contributed by atoms with Gasteiger partial charge in [-0.15, -0.1) is 11.8 Å². The van der Waals surface area contributed by atoms with E-state index in [1.807, 2.05) is 0 Å². The molecule has 100 valence electrons. The first-order chi connectivity index (χ1) is 9.27. The van der Waals surface area contributed by atoms with Gasteiger partial charge in [-0.25, -0.2) is 4.39 Å². The minimum absolute atomic E-state index is 0.236. The Bertz CT molecular complexity index is 680. The Kier molecular flexibility index (Phi) is 2.79. The first kappa shape index (κ1) is 12.1. The van der Waals surface area contributed by atoms with Crippen LogP contribution in [0.15, 0.2) is 11.0 Å². The maximum atomic E-state index is 14.5. The SMILES string of the molecule is Fc1c(Cl)cc2c3c1c1c(n3CCS2)CCNCC1. The van der Waals surface area contributed by atoms with Gasteiger partial charge < -0.3 is 9.88 Å². The normalized spacial score (nSPS) is 18.4. The second-order valence-electron chi connectivity index (χ2n) is 5.07. The van der Waals surface area contributed by atoms with E-state index in [9.17, 15) is 4.39 Å². The summed E-state index contributed by atoms with van der Waals surface area (Å²) in [5.41, 5.74) is 3.55. The number of hydrogen-bond acceptors (Lipinski definition) is 2. The summed E-state index contributed by atoms with van der Waals surface area (Å²) in [5.74, 6) is 0.804. The average molecular weight is 297 g/mol. The minimum Gasteiger partial charge on any atom is -0.342 e. The average Bonchev–Trinajstić information content (AvgIpc) is 2.59. The van der Waals surface area contributed by atoms with E-state index in [2.05, 4.69) is 9.88 Å². The smallest absolute Gasteiger partial charge is 0.151 e. The van der Waals surface area contributed by atoms with Gasteiger partial charge in [-0.3, -0.25) is 0 Å². The van der Waals surface area contributed by atoms with E-state index in [1.165, 1.54) is 11.3 Å². The van der Waals surface area contributed by atoms with E-state index < -0.39 is 0 Å². The number of nitrogens with one attached hydrogen (secondary N) is 1. The third-order valence-electron chi connectivity index (χ3n) is 4.07. The number of rotatable bonds is 0. The Balaban J connectivity index is 2.15. The molecule has 0 saturated heterocycles. The van der Waals surface area contributed by atoms with Crippen molar-refractivity contribution in [3.05, 3.63) is 28.2 Å². The zero-order chi connectivity index (χ0) is 13.0. The van der Waals surface area contributed by atoms with Crippen LogP contribution in [-0.2, 0) is 19.4 Å². The fourth-order valence-corrected chi connectivity index (χ4v) is 4.60. The number of hydrogen-bond donors (Lipinski definition) is 1. The molecule has 1 aromatic carbocycles. The molecule has 0 atom stereocenters. The van der Waals surface area contributed by atoms with Crippen LogP contribution in [-0.4, -0.2) is 23.4 Å². The highest BCUT2D eigenvalue weighted by molar-refractivity contribution is 7.99. The summed E-state index contributed by atoms with van der Waals surface area (Å²) in [6.45, 7) is 2.87. The van der Waals surface area contributed by atoms with Gasteiger partial charge in [-0.1, -0.05) is 11.6 Å². The first-order valence-corrected chi connectivity index (χ1v) is 7.99. The largest absolute Gasteiger partial charge is 0.342 e. The van der Waals surface area contributed by atoms with Crippen LogP contribution in [0.5, 0.6) is 0 Å². The van der Waals surface area contributed by atoms with Gasteiger partial charge in [0.15, 0.2) is 5.82 Å². The molecule has 0 radical (unpaired) electrons. The van der Waals surface area contributed by atoms with Crippen molar-refractivity contribution in [2.45, 2.75) is 24.3 Å². The molecule has 3 heterocycles. The van der Waals surface area contributed by atoms with Gasteiger partial charge in [-0.05, 0) is 24.6 Å². The Morgan fingerprint density at radius 2 is 2.16 bits per heavy atom. The van der Waals surface area contributed by atoms with Crippen molar-refractivity contribution in [3.8, 4) is 0 Å². The molecule has 2 nitrogen and oxygen atoms in total. The van der Waals surface area contributed by atoms with Crippen LogP contribution in [0.2, 0.25) is 5.02 Å². The summed E-state index contributed by atoms with van der Waals surface area (Å²) >= 11 is 7.86. The van der Waals surface area contributed by atoms with E-state index in [4.69, 9.17) is 11.6 Å². The van der Waals surface area contributed by atoms with Crippen LogP contribution in [0.25, 0.3) is 10.9 Å². The number of aryl methyl sites for hydroxylation is 1. The summed E-state index contributed by atoms with van der Waals surface area (Å²) in [7, 11) is 0. The van der Waals surface area contributed by atoms with Crippen molar-refractivity contribution in [2.75, 3.05) is 18.8 Å². The highest BCUT2D eigenvalue weighted by atomic mass is 35.5. The van der Waals surface area contributed by atoms with Gasteiger partial charge in [0.2, 0.25) is 0 Å². The number of nitrogens with zero attached hydrogens (tertiary/aromatic N) is 1. The fraction of sp³-hybridized carbons (Fsp3) is 0.429. The Hall–Kier alpha value is -0.710. The maximum absolute atomic E-state index is 14.5. The monoisotopic (exact) mass is 296 g/mol. The Morgan fingerprint density at radius 3 is 3.05 bits per heavy atom. The third-order valence-corrected chi connectivity index (χ3v) is 5.35. The van der Waals surface area contributed by atoms with Crippen LogP contribution in [0.1, 0.15) is 11.3 Å². The molecule has 0 spiro atoms. The third kappa shape index (κ3) is 1.66. The maximum Gasteiger partial charge on any atom is 0.151 e. The van der Waals surface area contributed by atoms with E-state index in [1.54, 1.807) is 17.8 Å². The molecule has 1 aromatic heterocycles. The molecule has 2 aliphatic heterocycles. The number of thioether (sulfide) groups is 1. The predicted molar refractivity (Wildman–Crippen MR) is 77.9 cm³/mol. The molecule has 2 aromatic rings. The van der Waals surface area contributed by atoms with Crippen molar-refractivity contribution in [3.63, 3.8) is 0 Å². The van der Waals surface area contributed by atoms with Crippen molar-refractivity contribution in [1.82, 2.24) is 9.88 Å². The zero-order valence-electron chi connectivity index (χ0n) is 10.4. The standard InChI is InChI=1S/C14H14ClFN2S/c15-9-7-11-14-12(13(9)16)8-1-3-17-4-2-10(8)18(14)5-6-19-11/h7,17H,1-6H2. The summed E-state index contributed by atoms with van der Waals surface area (Å²) in [4.78, 5) is 1.13. The molecule has 2 aliphatic rings. The van der Waals surface area contributed by atoms with Crippen molar-refractivity contribution < 1.29 is 4.39 Å². The summed E-state index contributed by atoms with van der Waals surface area (Å²) in [6.07, 6.45) is 1.87. The lowest BCUT2D eigenvalue weighted by Gasteiger charge is -2.18. The molecule has 0 amide bonds. The molecule has 0 saturated carbocycles. The molecule has 5 heteroatoms. The second-order valence-corrected chi connectivity index (χ2v) is 6.61. The van der Waals surface area contributed by atoms with Gasteiger partial charge in [0, 0.05) is 41.2 Å². The van der Waals surface area contributed by atoms with E-state index in [0.717, 1.165) is 54.0 Å². The Labute approximate surface area is 120 Å². The van der Waals surface area contributed by atoms with Crippen LogP contribution >= 0.6 is 23.4 Å². The molecular weight excluding hydrogens is 283 g/mol. The number of halogens is 2. The van der Waals surface area contributed by atoms with Crippen LogP contribution in [0.3, 0.4) is 0 Å². The molecule has 0 bridgehead atoms. The molecule has 0 fully saturated rings. The van der Waals surface area contributed by atoms with Gasteiger partial charge in [-0.2, -0.15) is 0 Å². The first-order valence-electron chi connectivity index (χ1n) is 6.63. The van der Waals surface area contributed by atoms with Crippen molar-refractivity contribution in [2.24, 2.45) is 0 Å².